The van der Waals surface area contributed by atoms with E-state index in [-0.39, 0.29) is 5.91 Å². The molecule has 1 fully saturated rings. The first-order chi connectivity index (χ1) is 12.6. The number of ether oxygens (including phenoxy) is 1. The first-order valence-corrected chi connectivity index (χ1v) is 10.3. The molecule has 1 aromatic carbocycles. The molecule has 1 aliphatic carbocycles. The third-order valence-corrected chi connectivity index (χ3v) is 5.87. The number of carbonyl (C=O) groups excluding carboxylic acids is 1. The summed E-state index contributed by atoms with van der Waals surface area (Å²) in [5.41, 5.74) is 2.06. The second kappa shape index (κ2) is 9.17. The van der Waals surface area contributed by atoms with Crippen molar-refractivity contribution >= 4 is 17.2 Å². The normalized spacial score (nSPS) is 15.0. The molecule has 0 radical (unpaired) electrons. The minimum absolute atomic E-state index is 0.159. The third kappa shape index (κ3) is 5.56. The monoisotopic (exact) mass is 372 g/mol. The molecule has 5 heteroatoms. The minimum Gasteiger partial charge on any atom is -0.486 e. The van der Waals surface area contributed by atoms with E-state index >= 15 is 0 Å². The quantitative estimate of drug-likeness (QED) is 0.713. The summed E-state index contributed by atoms with van der Waals surface area (Å²) in [6.45, 7) is 3.38. The largest absolute Gasteiger partial charge is 0.486 e. The van der Waals surface area contributed by atoms with E-state index in [0.717, 1.165) is 23.0 Å². The summed E-state index contributed by atoms with van der Waals surface area (Å²) in [4.78, 5) is 18.9. The average Bonchev–Trinajstić information content (AvgIpc) is 3.09. The Kier molecular flexibility index (Phi) is 6.67. The van der Waals surface area contributed by atoms with E-state index in [2.05, 4.69) is 11.9 Å². The number of hydrogen-bond acceptors (Lipinski definition) is 4. The standard InChI is InChI=1S/C21H28N2O2S/c1-16-8-10-19(11-9-16)25-14-20-22-18(15-26-20)12-21(24)23(2)13-17-6-4-3-5-7-17/h8-11,15,17H,3-7,12-14H2,1-2H3. The Labute approximate surface area is 160 Å². The van der Waals surface area contributed by atoms with E-state index in [1.54, 1.807) is 11.3 Å². The Morgan fingerprint density at radius 2 is 1.96 bits per heavy atom. The molecule has 0 bridgehead atoms. The van der Waals surface area contributed by atoms with Crippen molar-refractivity contribution in [3.8, 4) is 5.75 Å². The van der Waals surface area contributed by atoms with Crippen LogP contribution in [-0.4, -0.2) is 29.4 Å². The van der Waals surface area contributed by atoms with Crippen molar-refractivity contribution in [2.45, 2.75) is 52.1 Å². The molecule has 0 aliphatic heterocycles. The fourth-order valence-electron chi connectivity index (χ4n) is 3.42. The summed E-state index contributed by atoms with van der Waals surface area (Å²) < 4.78 is 5.77. The highest BCUT2D eigenvalue weighted by molar-refractivity contribution is 7.09. The van der Waals surface area contributed by atoms with Crippen LogP contribution in [0, 0.1) is 12.8 Å². The maximum absolute atomic E-state index is 12.5. The molecule has 1 saturated carbocycles. The van der Waals surface area contributed by atoms with Crippen LogP contribution in [0.2, 0.25) is 0 Å². The number of rotatable bonds is 7. The minimum atomic E-state index is 0.159. The van der Waals surface area contributed by atoms with E-state index in [9.17, 15) is 4.79 Å². The van der Waals surface area contributed by atoms with E-state index in [4.69, 9.17) is 4.74 Å². The third-order valence-electron chi connectivity index (χ3n) is 5.00. The average molecular weight is 373 g/mol. The van der Waals surface area contributed by atoms with Crippen LogP contribution in [0.15, 0.2) is 29.6 Å². The molecule has 3 rings (SSSR count). The van der Waals surface area contributed by atoms with E-state index in [1.807, 2.05) is 41.6 Å². The number of benzene rings is 1. The molecule has 140 valence electrons. The fraction of sp³-hybridized carbons (Fsp3) is 0.524. The number of hydrogen-bond donors (Lipinski definition) is 0. The Balaban J connectivity index is 1.46. The smallest absolute Gasteiger partial charge is 0.228 e. The first kappa shape index (κ1) is 18.9. The summed E-state index contributed by atoms with van der Waals surface area (Å²) in [7, 11) is 1.92. The van der Waals surface area contributed by atoms with Crippen LogP contribution >= 0.6 is 11.3 Å². The molecule has 4 nitrogen and oxygen atoms in total. The first-order valence-electron chi connectivity index (χ1n) is 9.47. The lowest BCUT2D eigenvalue weighted by atomic mass is 9.89. The van der Waals surface area contributed by atoms with Crippen molar-refractivity contribution < 1.29 is 9.53 Å². The van der Waals surface area contributed by atoms with Gasteiger partial charge in [0.2, 0.25) is 5.91 Å². The van der Waals surface area contributed by atoms with Gasteiger partial charge >= 0.3 is 0 Å². The van der Waals surface area contributed by atoms with Gasteiger partial charge in [-0.25, -0.2) is 4.98 Å². The van der Waals surface area contributed by atoms with Gasteiger partial charge in [0.05, 0.1) is 12.1 Å². The van der Waals surface area contributed by atoms with Crippen LogP contribution in [0.25, 0.3) is 0 Å². The van der Waals surface area contributed by atoms with Crippen LogP contribution < -0.4 is 4.74 Å². The number of aromatic nitrogens is 1. The molecule has 0 N–H and O–H groups in total. The van der Waals surface area contributed by atoms with Crippen molar-refractivity contribution in [2.75, 3.05) is 13.6 Å². The van der Waals surface area contributed by atoms with Gasteiger partial charge < -0.3 is 9.64 Å². The maximum Gasteiger partial charge on any atom is 0.228 e. The van der Waals surface area contributed by atoms with E-state index in [1.165, 1.54) is 37.7 Å². The van der Waals surface area contributed by atoms with Gasteiger partial charge in [0, 0.05) is 19.0 Å². The topological polar surface area (TPSA) is 42.4 Å². The summed E-state index contributed by atoms with van der Waals surface area (Å²) in [5, 5.41) is 2.88. The zero-order chi connectivity index (χ0) is 18.4. The Morgan fingerprint density at radius 1 is 1.23 bits per heavy atom. The molecule has 0 spiro atoms. The van der Waals surface area contributed by atoms with E-state index in [0.29, 0.717) is 18.9 Å². The summed E-state index contributed by atoms with van der Waals surface area (Å²) in [5.74, 6) is 1.68. The maximum atomic E-state index is 12.5. The highest BCUT2D eigenvalue weighted by Crippen LogP contribution is 2.24. The summed E-state index contributed by atoms with van der Waals surface area (Å²) in [6, 6.07) is 7.99. The molecule has 1 aliphatic rings. The molecule has 0 unspecified atom stereocenters. The van der Waals surface area contributed by atoms with Gasteiger partial charge in [0.25, 0.3) is 0 Å². The molecule has 0 saturated heterocycles. The molecule has 2 aromatic rings. The second-order valence-corrected chi connectivity index (χ2v) is 8.23. The number of likely N-dealkylation sites (N-methyl/N-ethyl adjacent to an activating group) is 1. The molecule has 26 heavy (non-hydrogen) atoms. The van der Waals surface area contributed by atoms with Gasteiger partial charge in [-0.15, -0.1) is 11.3 Å². The number of aryl methyl sites for hydroxylation is 1. The van der Waals surface area contributed by atoms with Gasteiger partial charge in [-0.1, -0.05) is 37.0 Å². The lowest BCUT2D eigenvalue weighted by molar-refractivity contribution is -0.129. The lowest BCUT2D eigenvalue weighted by Gasteiger charge is -2.27. The molecule has 1 heterocycles. The fourth-order valence-corrected chi connectivity index (χ4v) is 4.13. The summed E-state index contributed by atoms with van der Waals surface area (Å²) >= 11 is 1.55. The number of amides is 1. The number of thiazole rings is 1. The Morgan fingerprint density at radius 3 is 2.69 bits per heavy atom. The van der Waals surface area contributed by atoms with Crippen molar-refractivity contribution in [3.05, 3.63) is 45.9 Å². The molecular weight excluding hydrogens is 344 g/mol. The van der Waals surface area contributed by atoms with Crippen LogP contribution in [0.3, 0.4) is 0 Å². The predicted molar refractivity (Wildman–Crippen MR) is 106 cm³/mol. The number of carbonyl (C=O) groups is 1. The number of nitrogens with zero attached hydrogens (tertiary/aromatic N) is 2. The molecule has 0 atom stereocenters. The van der Waals surface area contributed by atoms with Gasteiger partial charge in [0.15, 0.2) is 0 Å². The zero-order valence-electron chi connectivity index (χ0n) is 15.7. The van der Waals surface area contributed by atoms with Crippen LogP contribution in [-0.2, 0) is 17.8 Å². The molecule has 1 amide bonds. The van der Waals surface area contributed by atoms with Crippen LogP contribution in [0.1, 0.15) is 48.4 Å². The molecule has 1 aromatic heterocycles. The summed E-state index contributed by atoms with van der Waals surface area (Å²) in [6.07, 6.45) is 6.86. The van der Waals surface area contributed by atoms with Crippen LogP contribution in [0.5, 0.6) is 5.75 Å². The zero-order valence-corrected chi connectivity index (χ0v) is 16.6. The van der Waals surface area contributed by atoms with E-state index < -0.39 is 0 Å². The van der Waals surface area contributed by atoms with Crippen molar-refractivity contribution in [3.63, 3.8) is 0 Å². The van der Waals surface area contributed by atoms with Gasteiger partial charge in [-0.3, -0.25) is 4.79 Å². The van der Waals surface area contributed by atoms with Crippen molar-refractivity contribution in [2.24, 2.45) is 5.92 Å². The lowest BCUT2D eigenvalue weighted by Crippen LogP contribution is -2.33. The molecular formula is C21H28N2O2S. The van der Waals surface area contributed by atoms with Gasteiger partial charge in [-0.05, 0) is 37.8 Å². The highest BCUT2D eigenvalue weighted by atomic mass is 32.1. The van der Waals surface area contributed by atoms with Gasteiger partial charge in [0.1, 0.15) is 17.4 Å². The van der Waals surface area contributed by atoms with Crippen LogP contribution in [0.4, 0.5) is 0 Å². The second-order valence-electron chi connectivity index (χ2n) is 7.29. The highest BCUT2D eigenvalue weighted by Gasteiger charge is 2.19. The van der Waals surface area contributed by atoms with Crippen molar-refractivity contribution in [1.29, 1.82) is 0 Å². The SMILES string of the molecule is Cc1ccc(OCc2nc(CC(=O)N(C)CC3CCCCC3)cs2)cc1. The predicted octanol–water partition coefficient (Wildman–Crippen LogP) is 4.61. The Hall–Kier alpha value is -1.88. The van der Waals surface area contributed by atoms with Gasteiger partial charge in [-0.2, -0.15) is 0 Å². The van der Waals surface area contributed by atoms with Crippen molar-refractivity contribution in [1.82, 2.24) is 9.88 Å². The Bertz CT molecular complexity index is 705.